The van der Waals surface area contributed by atoms with Crippen molar-refractivity contribution in [3.63, 3.8) is 0 Å². The second-order valence-electron chi connectivity index (χ2n) is 2.85. The van der Waals surface area contributed by atoms with Crippen LogP contribution in [0.15, 0.2) is 24.3 Å². The highest BCUT2D eigenvalue weighted by Crippen LogP contribution is 2.14. The second kappa shape index (κ2) is 4.56. The van der Waals surface area contributed by atoms with Crippen molar-refractivity contribution in [2.75, 3.05) is 7.11 Å². The minimum Gasteiger partial charge on any atom is -0.479 e. The Labute approximate surface area is 85.9 Å². The lowest BCUT2D eigenvalue weighted by Crippen LogP contribution is -2.10. The molecule has 0 amide bonds. The van der Waals surface area contributed by atoms with E-state index in [9.17, 15) is 9.59 Å². The van der Waals surface area contributed by atoms with Crippen LogP contribution in [0.3, 0.4) is 0 Å². The van der Waals surface area contributed by atoms with E-state index in [4.69, 9.17) is 10.2 Å². The third-order valence-electron chi connectivity index (χ3n) is 1.88. The minimum atomic E-state index is -1.57. The molecule has 0 aliphatic heterocycles. The minimum absolute atomic E-state index is 0.218. The Hall–Kier alpha value is -1.88. The first-order chi connectivity index (χ1) is 7.06. The van der Waals surface area contributed by atoms with E-state index in [-0.39, 0.29) is 5.56 Å². The highest BCUT2D eigenvalue weighted by molar-refractivity contribution is 5.89. The molecule has 1 rings (SSSR count). The predicted octanol–water partition coefficient (Wildman–Crippen LogP) is 0.591. The smallest absolute Gasteiger partial charge is 0.337 e. The molecule has 1 atom stereocenters. The number of carboxylic acids is 1. The summed E-state index contributed by atoms with van der Waals surface area (Å²) < 4.78 is 4.47. The summed E-state index contributed by atoms with van der Waals surface area (Å²) in [6, 6.07) is 5.52. The molecule has 0 aromatic heterocycles. The summed E-state index contributed by atoms with van der Waals surface area (Å²) in [7, 11) is 1.25. The van der Waals surface area contributed by atoms with Gasteiger partial charge in [0.1, 0.15) is 0 Å². The van der Waals surface area contributed by atoms with Crippen LogP contribution in [0, 0.1) is 0 Å². The van der Waals surface area contributed by atoms with Gasteiger partial charge in [0.05, 0.1) is 12.7 Å². The van der Waals surface area contributed by atoms with E-state index in [0.29, 0.717) is 5.56 Å². The standard InChI is InChI=1S/C10H10O5/c1-15-10(14)7-4-2-6(3-5-7)8(11)9(12)13/h2-5,8,11H,1H3,(H,12,13). The van der Waals surface area contributed by atoms with Crippen molar-refractivity contribution < 1.29 is 24.5 Å². The van der Waals surface area contributed by atoms with Gasteiger partial charge in [-0.05, 0) is 17.7 Å². The largest absolute Gasteiger partial charge is 0.479 e. The van der Waals surface area contributed by atoms with Crippen molar-refractivity contribution in [3.8, 4) is 0 Å². The number of methoxy groups -OCH3 is 1. The molecule has 0 radical (unpaired) electrons. The van der Waals surface area contributed by atoms with Gasteiger partial charge in [0.2, 0.25) is 0 Å². The molecule has 1 aromatic carbocycles. The number of aliphatic hydroxyl groups is 1. The zero-order valence-corrected chi connectivity index (χ0v) is 8.01. The molecule has 80 valence electrons. The molecule has 0 spiro atoms. The Balaban J connectivity index is 2.90. The average molecular weight is 210 g/mol. The van der Waals surface area contributed by atoms with Gasteiger partial charge < -0.3 is 14.9 Å². The van der Waals surface area contributed by atoms with Crippen molar-refractivity contribution >= 4 is 11.9 Å². The first kappa shape index (κ1) is 11.2. The molecule has 15 heavy (non-hydrogen) atoms. The number of carbonyl (C=O) groups is 2. The van der Waals surface area contributed by atoms with E-state index >= 15 is 0 Å². The van der Waals surface area contributed by atoms with Crippen molar-refractivity contribution in [2.24, 2.45) is 0 Å². The van der Waals surface area contributed by atoms with Gasteiger partial charge in [0, 0.05) is 0 Å². The van der Waals surface area contributed by atoms with E-state index in [1.54, 1.807) is 0 Å². The number of ether oxygens (including phenoxy) is 1. The monoisotopic (exact) mass is 210 g/mol. The molecule has 0 aliphatic rings. The first-order valence-electron chi connectivity index (χ1n) is 4.15. The summed E-state index contributed by atoms with van der Waals surface area (Å²) in [6.45, 7) is 0. The van der Waals surface area contributed by atoms with Crippen LogP contribution in [0.2, 0.25) is 0 Å². The van der Waals surface area contributed by atoms with Gasteiger partial charge in [-0.2, -0.15) is 0 Å². The molecule has 5 heteroatoms. The summed E-state index contributed by atoms with van der Waals surface area (Å²) in [5.41, 5.74) is 0.522. The molecule has 0 aliphatic carbocycles. The molecule has 2 N–H and O–H groups in total. The van der Waals surface area contributed by atoms with E-state index in [1.807, 2.05) is 0 Å². The molecule has 1 unspecified atom stereocenters. The fourth-order valence-corrected chi connectivity index (χ4v) is 1.06. The Morgan fingerprint density at radius 2 is 1.80 bits per heavy atom. The van der Waals surface area contributed by atoms with E-state index in [1.165, 1.54) is 31.4 Å². The quantitative estimate of drug-likeness (QED) is 0.713. The van der Waals surface area contributed by atoms with Crippen LogP contribution in [0.1, 0.15) is 22.0 Å². The highest BCUT2D eigenvalue weighted by atomic mass is 16.5. The normalized spacial score (nSPS) is 11.9. The predicted molar refractivity (Wildman–Crippen MR) is 50.4 cm³/mol. The van der Waals surface area contributed by atoms with Crippen LogP contribution in [0.5, 0.6) is 0 Å². The lowest BCUT2D eigenvalue weighted by Gasteiger charge is -2.05. The SMILES string of the molecule is COC(=O)c1ccc(C(O)C(=O)O)cc1. The molecule has 0 bridgehead atoms. The number of esters is 1. The maximum absolute atomic E-state index is 11.0. The number of carboxylic acid groups (broad SMARTS) is 1. The summed E-state index contributed by atoms with van der Waals surface area (Å²) in [5.74, 6) is -1.84. The number of rotatable bonds is 3. The van der Waals surface area contributed by atoms with Crippen molar-refractivity contribution in [1.29, 1.82) is 0 Å². The number of hydrogen-bond acceptors (Lipinski definition) is 4. The summed E-state index contributed by atoms with van der Waals surface area (Å²) in [5, 5.41) is 17.7. The Kier molecular flexibility index (Phi) is 3.41. The van der Waals surface area contributed by atoms with Gasteiger partial charge >= 0.3 is 11.9 Å². The van der Waals surface area contributed by atoms with Crippen molar-refractivity contribution in [1.82, 2.24) is 0 Å². The zero-order valence-electron chi connectivity index (χ0n) is 8.01. The Bertz CT molecular complexity index is 368. The third kappa shape index (κ3) is 2.54. The van der Waals surface area contributed by atoms with Gasteiger partial charge in [-0.25, -0.2) is 9.59 Å². The molecule has 0 heterocycles. The molecule has 0 saturated carbocycles. The number of hydrogen-bond donors (Lipinski definition) is 2. The molecule has 5 nitrogen and oxygen atoms in total. The van der Waals surface area contributed by atoms with Gasteiger partial charge in [0.25, 0.3) is 0 Å². The average Bonchev–Trinajstić information content (AvgIpc) is 2.27. The van der Waals surface area contributed by atoms with Crippen LogP contribution < -0.4 is 0 Å². The van der Waals surface area contributed by atoms with E-state index < -0.39 is 18.0 Å². The van der Waals surface area contributed by atoms with Crippen molar-refractivity contribution in [2.45, 2.75) is 6.10 Å². The zero-order chi connectivity index (χ0) is 11.4. The van der Waals surface area contributed by atoms with Crippen LogP contribution in [0.4, 0.5) is 0 Å². The summed E-state index contributed by atoms with van der Waals surface area (Å²) >= 11 is 0. The maximum atomic E-state index is 11.0. The third-order valence-corrected chi connectivity index (χ3v) is 1.88. The van der Waals surface area contributed by atoms with Gasteiger partial charge in [0.15, 0.2) is 6.10 Å². The van der Waals surface area contributed by atoms with Gasteiger partial charge in [-0.15, -0.1) is 0 Å². The number of aliphatic hydroxyl groups excluding tert-OH is 1. The fourth-order valence-electron chi connectivity index (χ4n) is 1.06. The van der Waals surface area contributed by atoms with Crippen molar-refractivity contribution in [3.05, 3.63) is 35.4 Å². The van der Waals surface area contributed by atoms with E-state index in [0.717, 1.165) is 0 Å². The lowest BCUT2D eigenvalue weighted by atomic mass is 10.1. The van der Waals surface area contributed by atoms with Crippen LogP contribution >= 0.6 is 0 Å². The molecule has 0 fully saturated rings. The molecule has 0 saturated heterocycles. The molecular formula is C10H10O5. The number of carbonyl (C=O) groups excluding carboxylic acids is 1. The molecular weight excluding hydrogens is 200 g/mol. The fraction of sp³-hybridized carbons (Fsp3) is 0.200. The van der Waals surface area contributed by atoms with Gasteiger partial charge in [-0.1, -0.05) is 12.1 Å². The number of benzene rings is 1. The summed E-state index contributed by atoms with van der Waals surface area (Å²) in [4.78, 5) is 21.5. The maximum Gasteiger partial charge on any atom is 0.337 e. The van der Waals surface area contributed by atoms with Crippen LogP contribution in [-0.4, -0.2) is 29.3 Å². The first-order valence-corrected chi connectivity index (χ1v) is 4.15. The van der Waals surface area contributed by atoms with Gasteiger partial charge in [-0.3, -0.25) is 0 Å². The highest BCUT2D eigenvalue weighted by Gasteiger charge is 2.16. The Morgan fingerprint density at radius 1 is 1.27 bits per heavy atom. The van der Waals surface area contributed by atoms with Crippen LogP contribution in [-0.2, 0) is 9.53 Å². The topological polar surface area (TPSA) is 83.8 Å². The summed E-state index contributed by atoms with van der Waals surface area (Å²) in [6.07, 6.45) is -1.57. The lowest BCUT2D eigenvalue weighted by molar-refractivity contribution is -0.146. The molecule has 1 aromatic rings. The Morgan fingerprint density at radius 3 is 2.20 bits per heavy atom. The van der Waals surface area contributed by atoms with Crippen LogP contribution in [0.25, 0.3) is 0 Å². The second-order valence-corrected chi connectivity index (χ2v) is 2.85. The van der Waals surface area contributed by atoms with E-state index in [2.05, 4.69) is 4.74 Å². The number of aliphatic carboxylic acids is 1.